The maximum Gasteiger partial charge on any atom is 0.424 e. The SMILES string of the molecule is Cc1ccc(S(=O)(=O)Oc2c(-c3ccoc3CO)ccc(N(C(=O)OC(C)(C)C)C(=O)OC(C)(C)C)c2C(=O)O)cc1. The molecule has 0 aliphatic carbocycles. The van der Waals surface area contributed by atoms with Crippen LogP contribution >= 0.6 is 0 Å². The van der Waals surface area contributed by atoms with Crippen molar-refractivity contribution >= 4 is 34.0 Å². The predicted molar refractivity (Wildman–Crippen MR) is 151 cm³/mol. The number of aromatic carboxylic acids is 1. The van der Waals surface area contributed by atoms with E-state index in [4.69, 9.17) is 18.1 Å². The molecular formula is C29H33NO11S. The summed E-state index contributed by atoms with van der Waals surface area (Å²) in [6, 6.07) is 9.31. The zero-order valence-electron chi connectivity index (χ0n) is 24.3. The molecule has 1 aromatic heterocycles. The number of amides is 2. The van der Waals surface area contributed by atoms with Gasteiger partial charge in [-0.25, -0.2) is 14.4 Å². The summed E-state index contributed by atoms with van der Waals surface area (Å²) in [6.07, 6.45) is -1.35. The fourth-order valence-corrected chi connectivity index (χ4v) is 4.67. The van der Waals surface area contributed by atoms with Gasteiger partial charge in [0.15, 0.2) is 5.75 Å². The van der Waals surface area contributed by atoms with Crippen LogP contribution in [0.15, 0.2) is 58.0 Å². The number of ether oxygens (including phenoxy) is 2. The van der Waals surface area contributed by atoms with Crippen molar-refractivity contribution in [1.29, 1.82) is 0 Å². The van der Waals surface area contributed by atoms with Crippen LogP contribution in [0, 0.1) is 6.92 Å². The largest absolute Gasteiger partial charge is 0.477 e. The lowest BCUT2D eigenvalue weighted by Crippen LogP contribution is -2.44. The Kier molecular flexibility index (Phi) is 9.08. The first-order valence-electron chi connectivity index (χ1n) is 12.7. The molecule has 3 aromatic rings. The molecule has 12 nitrogen and oxygen atoms in total. The van der Waals surface area contributed by atoms with Crippen LogP contribution in [0.2, 0.25) is 0 Å². The monoisotopic (exact) mass is 603 g/mol. The van der Waals surface area contributed by atoms with Gasteiger partial charge in [0.1, 0.15) is 34.0 Å². The number of nitrogens with zero attached hydrogens (tertiary/aromatic N) is 1. The molecule has 0 saturated heterocycles. The topological polar surface area (TPSA) is 170 Å². The summed E-state index contributed by atoms with van der Waals surface area (Å²) in [6.45, 7) is 10.4. The highest BCUT2D eigenvalue weighted by Crippen LogP contribution is 2.42. The van der Waals surface area contributed by atoms with Crippen LogP contribution in [-0.2, 0) is 26.2 Å². The third kappa shape index (κ3) is 7.47. The van der Waals surface area contributed by atoms with Gasteiger partial charge in [0.25, 0.3) is 0 Å². The number of hydrogen-bond donors (Lipinski definition) is 2. The van der Waals surface area contributed by atoms with E-state index in [0.717, 1.165) is 11.6 Å². The lowest BCUT2D eigenvalue weighted by Gasteiger charge is -2.29. The lowest BCUT2D eigenvalue weighted by molar-refractivity contribution is 0.0430. The maximum atomic E-state index is 13.4. The second kappa shape index (κ2) is 11.9. The average molecular weight is 604 g/mol. The molecule has 0 bridgehead atoms. The molecule has 2 aromatic carbocycles. The number of hydrogen-bond acceptors (Lipinski definition) is 10. The summed E-state index contributed by atoms with van der Waals surface area (Å²) >= 11 is 0. The van der Waals surface area contributed by atoms with Crippen LogP contribution in [0.4, 0.5) is 15.3 Å². The summed E-state index contributed by atoms with van der Waals surface area (Å²) in [7, 11) is -4.67. The van der Waals surface area contributed by atoms with Gasteiger partial charge in [-0.05, 0) is 78.8 Å². The Labute approximate surface area is 243 Å². The molecule has 0 fully saturated rings. The van der Waals surface area contributed by atoms with Crippen molar-refractivity contribution in [1.82, 2.24) is 0 Å². The fourth-order valence-electron chi connectivity index (χ4n) is 3.72. The minimum Gasteiger partial charge on any atom is -0.477 e. The summed E-state index contributed by atoms with van der Waals surface area (Å²) in [5, 5.41) is 20.2. The van der Waals surface area contributed by atoms with E-state index in [2.05, 4.69) is 0 Å². The third-order valence-corrected chi connectivity index (χ3v) is 6.66. The number of imide groups is 1. The van der Waals surface area contributed by atoms with E-state index in [9.17, 15) is 33.0 Å². The Hall–Kier alpha value is -4.36. The van der Waals surface area contributed by atoms with Crippen molar-refractivity contribution in [2.45, 2.75) is 71.2 Å². The van der Waals surface area contributed by atoms with Gasteiger partial charge >= 0.3 is 28.3 Å². The highest BCUT2D eigenvalue weighted by atomic mass is 32.2. The fraction of sp³-hybridized carbons (Fsp3) is 0.345. The van der Waals surface area contributed by atoms with Gasteiger partial charge in [-0.2, -0.15) is 13.3 Å². The summed E-state index contributed by atoms with van der Waals surface area (Å²) in [4.78, 5) is 39.6. The first-order chi connectivity index (χ1) is 19.3. The Morgan fingerprint density at radius 3 is 1.88 bits per heavy atom. The number of carbonyl (C=O) groups is 3. The van der Waals surface area contributed by atoms with Crippen LogP contribution in [-0.4, -0.2) is 48.0 Å². The maximum absolute atomic E-state index is 13.4. The van der Waals surface area contributed by atoms with Crippen LogP contribution < -0.4 is 9.08 Å². The highest BCUT2D eigenvalue weighted by Gasteiger charge is 2.38. The van der Waals surface area contributed by atoms with Gasteiger partial charge < -0.3 is 28.3 Å². The molecule has 1 heterocycles. The van der Waals surface area contributed by atoms with Crippen LogP contribution in [0.3, 0.4) is 0 Å². The summed E-state index contributed by atoms with van der Waals surface area (Å²) < 4.78 is 48.3. The Bertz CT molecular complexity index is 1560. The smallest absolute Gasteiger partial charge is 0.424 e. The molecule has 0 saturated carbocycles. The van der Waals surface area contributed by atoms with Crippen molar-refractivity contribution in [2.24, 2.45) is 0 Å². The van der Waals surface area contributed by atoms with E-state index in [1.165, 1.54) is 84.2 Å². The molecule has 0 unspecified atom stereocenters. The molecule has 3 rings (SSSR count). The quantitative estimate of drug-likeness (QED) is 0.309. The van der Waals surface area contributed by atoms with E-state index < -0.39 is 63.1 Å². The van der Waals surface area contributed by atoms with E-state index >= 15 is 0 Å². The number of carboxylic acid groups (broad SMARTS) is 1. The van der Waals surface area contributed by atoms with Gasteiger partial charge in [0, 0.05) is 11.1 Å². The van der Waals surface area contributed by atoms with E-state index in [0.29, 0.717) is 4.90 Å². The molecule has 2 amide bonds. The standard InChI is InChI=1S/C29H33NO11S/c1-17-8-10-18(11-9-17)42(36,37)41-24-20(19-14-15-38-22(19)16-31)12-13-21(23(24)25(32)33)30(26(34)39-28(2,3)4)27(35)40-29(5,6)7/h8-15,31H,16H2,1-7H3,(H,32,33). The number of aliphatic hydroxyl groups is 1. The zero-order valence-corrected chi connectivity index (χ0v) is 25.1. The summed E-state index contributed by atoms with van der Waals surface area (Å²) in [5.74, 6) is -2.51. The molecular weight excluding hydrogens is 570 g/mol. The highest BCUT2D eigenvalue weighted by molar-refractivity contribution is 7.87. The minimum atomic E-state index is -4.67. The van der Waals surface area contributed by atoms with Crippen molar-refractivity contribution in [2.75, 3.05) is 4.90 Å². The van der Waals surface area contributed by atoms with Crippen molar-refractivity contribution in [3.05, 3.63) is 65.6 Å². The van der Waals surface area contributed by atoms with Gasteiger partial charge in [-0.3, -0.25) is 0 Å². The van der Waals surface area contributed by atoms with Gasteiger partial charge in [0.2, 0.25) is 0 Å². The molecule has 42 heavy (non-hydrogen) atoms. The van der Waals surface area contributed by atoms with Gasteiger partial charge in [-0.15, -0.1) is 0 Å². The Balaban J connectivity index is 2.38. The Morgan fingerprint density at radius 2 is 1.40 bits per heavy atom. The second-order valence-electron chi connectivity index (χ2n) is 11.2. The van der Waals surface area contributed by atoms with Crippen LogP contribution in [0.1, 0.15) is 63.2 Å². The van der Waals surface area contributed by atoms with Crippen LogP contribution in [0.25, 0.3) is 11.1 Å². The van der Waals surface area contributed by atoms with Crippen LogP contribution in [0.5, 0.6) is 5.75 Å². The molecule has 0 radical (unpaired) electrons. The van der Waals surface area contributed by atoms with E-state index in [-0.39, 0.29) is 21.8 Å². The first kappa shape index (κ1) is 32.2. The van der Waals surface area contributed by atoms with Gasteiger partial charge in [-0.1, -0.05) is 17.7 Å². The number of anilines is 1. The first-order valence-corrected chi connectivity index (χ1v) is 14.1. The molecule has 13 heteroatoms. The number of carbonyl (C=O) groups excluding carboxylic acids is 2. The Morgan fingerprint density at radius 1 is 0.857 bits per heavy atom. The molecule has 226 valence electrons. The number of furan rings is 1. The number of carboxylic acids is 1. The average Bonchev–Trinajstić information content (AvgIpc) is 3.30. The van der Waals surface area contributed by atoms with Crippen molar-refractivity contribution in [3.63, 3.8) is 0 Å². The second-order valence-corrected chi connectivity index (χ2v) is 12.8. The normalized spacial score (nSPS) is 12.0. The molecule has 0 spiro atoms. The molecule has 0 aliphatic rings. The number of aliphatic hydroxyl groups excluding tert-OH is 1. The zero-order chi connectivity index (χ0) is 31.6. The molecule has 0 atom stereocenters. The van der Waals surface area contributed by atoms with E-state index in [1.807, 2.05) is 0 Å². The number of aryl methyl sites for hydroxylation is 1. The predicted octanol–water partition coefficient (Wildman–Crippen LogP) is 5.89. The van der Waals surface area contributed by atoms with Gasteiger partial charge in [0.05, 0.1) is 12.0 Å². The summed E-state index contributed by atoms with van der Waals surface area (Å²) in [5.41, 5.74) is -2.91. The lowest BCUT2D eigenvalue weighted by atomic mass is 9.99. The van der Waals surface area contributed by atoms with E-state index in [1.54, 1.807) is 6.92 Å². The number of benzene rings is 2. The minimum absolute atomic E-state index is 0.0205. The molecule has 0 aliphatic heterocycles. The molecule has 2 N–H and O–H groups in total. The third-order valence-electron chi connectivity index (χ3n) is 5.42. The van der Waals surface area contributed by atoms with Crippen molar-refractivity contribution < 1.29 is 51.1 Å². The van der Waals surface area contributed by atoms with Crippen molar-refractivity contribution in [3.8, 4) is 16.9 Å². The number of rotatable bonds is 7.